The van der Waals surface area contributed by atoms with Gasteiger partial charge in [-0.2, -0.15) is 0 Å². The zero-order chi connectivity index (χ0) is 31.3. The highest BCUT2D eigenvalue weighted by Gasteiger charge is 2.23. The number of hydrogen-bond acceptors (Lipinski definition) is 12. The predicted octanol–water partition coefficient (Wildman–Crippen LogP) is 5.97. The topological polar surface area (TPSA) is 145 Å². The summed E-state index contributed by atoms with van der Waals surface area (Å²) in [7, 11) is 1.26. The van der Waals surface area contributed by atoms with Crippen LogP contribution in [0.3, 0.4) is 0 Å². The average Bonchev–Trinajstić information content (AvgIpc) is 2.95. The number of rotatable bonds is 19. The van der Waals surface area contributed by atoms with Crippen molar-refractivity contribution in [1.82, 2.24) is 5.32 Å². The fraction of sp³-hybridized carbons (Fsp3) is 0.667. The lowest BCUT2D eigenvalue weighted by atomic mass is 10.0. The Bertz CT molecular complexity index is 967. The van der Waals surface area contributed by atoms with Gasteiger partial charge in [0.2, 0.25) is 0 Å². The van der Waals surface area contributed by atoms with E-state index in [2.05, 4.69) is 5.32 Å². The third-order valence-electron chi connectivity index (χ3n) is 5.74. The molecule has 0 saturated carbocycles. The molecule has 0 aliphatic heterocycles. The van der Waals surface area contributed by atoms with Crippen molar-refractivity contribution in [2.24, 2.45) is 5.92 Å². The number of esters is 1. The van der Waals surface area contributed by atoms with E-state index >= 15 is 0 Å². The Kier molecular flexibility index (Phi) is 18.4. The van der Waals surface area contributed by atoms with Crippen LogP contribution in [0.1, 0.15) is 78.7 Å². The van der Waals surface area contributed by atoms with Crippen LogP contribution in [0.4, 0.5) is 14.4 Å². The van der Waals surface area contributed by atoms with Gasteiger partial charge in [-0.1, -0.05) is 59.4 Å². The molecule has 0 saturated heterocycles. The highest BCUT2D eigenvalue weighted by molar-refractivity contribution is 5.76. The Labute approximate surface area is 248 Å². The maximum atomic E-state index is 12.5. The van der Waals surface area contributed by atoms with Crippen molar-refractivity contribution in [3.8, 4) is 11.5 Å². The van der Waals surface area contributed by atoms with Crippen LogP contribution in [-0.4, -0.2) is 70.1 Å². The molecule has 1 rings (SSSR count). The zero-order valence-corrected chi connectivity index (χ0v) is 25.7. The minimum Gasteiger partial charge on any atom is -0.468 e. The first kappa shape index (κ1) is 36.5. The first-order chi connectivity index (χ1) is 20.1. The second kappa shape index (κ2) is 21.2. The number of hydrogen-bond donors (Lipinski definition) is 1. The van der Waals surface area contributed by atoms with Crippen molar-refractivity contribution < 1.29 is 52.3 Å². The SMILES string of the molecule is CCCCCOC(=O)Oc1ccc(C[C@H](NCC(C)OC(=O)OCC(C)C)C(=O)OC)cc1OC(=O)OCCCCC. The molecule has 42 heavy (non-hydrogen) atoms. The van der Waals surface area contributed by atoms with E-state index in [9.17, 15) is 19.2 Å². The van der Waals surface area contributed by atoms with Crippen LogP contribution >= 0.6 is 0 Å². The van der Waals surface area contributed by atoms with Crippen molar-refractivity contribution in [3.05, 3.63) is 23.8 Å². The molecule has 0 aromatic heterocycles. The summed E-state index contributed by atoms with van der Waals surface area (Å²) in [6, 6.07) is 3.68. The summed E-state index contributed by atoms with van der Waals surface area (Å²) in [6.45, 7) is 10.3. The molecule has 0 heterocycles. The molecule has 0 bridgehead atoms. The minimum absolute atomic E-state index is 0.0470. The van der Waals surface area contributed by atoms with Crippen molar-refractivity contribution in [3.63, 3.8) is 0 Å². The fourth-order valence-corrected chi connectivity index (χ4v) is 3.50. The van der Waals surface area contributed by atoms with Crippen LogP contribution in [0.15, 0.2) is 18.2 Å². The molecule has 1 aromatic rings. The van der Waals surface area contributed by atoms with Crippen LogP contribution < -0.4 is 14.8 Å². The van der Waals surface area contributed by atoms with Gasteiger partial charge >= 0.3 is 24.4 Å². The van der Waals surface area contributed by atoms with E-state index in [1.165, 1.54) is 19.2 Å². The number of nitrogens with one attached hydrogen (secondary N) is 1. The fourth-order valence-electron chi connectivity index (χ4n) is 3.50. The third-order valence-corrected chi connectivity index (χ3v) is 5.74. The molecule has 2 atom stereocenters. The molecule has 12 nitrogen and oxygen atoms in total. The van der Waals surface area contributed by atoms with Crippen molar-refractivity contribution >= 4 is 24.4 Å². The van der Waals surface area contributed by atoms with Gasteiger partial charge in [0, 0.05) is 6.54 Å². The summed E-state index contributed by atoms with van der Waals surface area (Å²) in [6.07, 6.45) is 1.93. The summed E-state index contributed by atoms with van der Waals surface area (Å²) in [4.78, 5) is 48.9. The lowest BCUT2D eigenvalue weighted by Crippen LogP contribution is -2.43. The van der Waals surface area contributed by atoms with E-state index in [1.54, 1.807) is 13.0 Å². The highest BCUT2D eigenvalue weighted by atomic mass is 16.7. The van der Waals surface area contributed by atoms with E-state index in [-0.39, 0.29) is 50.2 Å². The smallest absolute Gasteiger partial charge is 0.468 e. The van der Waals surface area contributed by atoms with Crippen LogP contribution in [-0.2, 0) is 34.9 Å². The van der Waals surface area contributed by atoms with Gasteiger partial charge in [-0.3, -0.25) is 4.79 Å². The average molecular weight is 598 g/mol. The molecule has 12 heteroatoms. The van der Waals surface area contributed by atoms with Crippen LogP contribution in [0.5, 0.6) is 11.5 Å². The van der Waals surface area contributed by atoms with Gasteiger partial charge in [0.1, 0.15) is 12.1 Å². The van der Waals surface area contributed by atoms with Gasteiger partial charge in [0.15, 0.2) is 11.5 Å². The summed E-state index contributed by atoms with van der Waals surface area (Å²) >= 11 is 0. The van der Waals surface area contributed by atoms with Crippen LogP contribution in [0.2, 0.25) is 0 Å². The number of methoxy groups -OCH3 is 1. The maximum Gasteiger partial charge on any atom is 0.513 e. The molecular formula is C30H47NO11. The zero-order valence-electron chi connectivity index (χ0n) is 25.7. The molecule has 1 aromatic carbocycles. The molecule has 1 N–H and O–H groups in total. The monoisotopic (exact) mass is 597 g/mol. The van der Waals surface area contributed by atoms with Crippen molar-refractivity contribution in [2.75, 3.05) is 33.5 Å². The Morgan fingerprint density at radius 1 is 0.786 bits per heavy atom. The van der Waals surface area contributed by atoms with Gasteiger partial charge in [0.05, 0.1) is 26.9 Å². The second-order valence-corrected chi connectivity index (χ2v) is 10.2. The molecule has 0 aliphatic rings. The molecule has 238 valence electrons. The summed E-state index contributed by atoms with van der Waals surface area (Å²) < 4.78 is 36.0. The van der Waals surface area contributed by atoms with Crippen LogP contribution in [0.25, 0.3) is 0 Å². The number of unbranched alkanes of at least 4 members (excludes halogenated alkanes) is 4. The van der Waals surface area contributed by atoms with E-state index in [1.807, 2.05) is 27.7 Å². The van der Waals surface area contributed by atoms with Crippen molar-refractivity contribution in [2.45, 2.75) is 91.7 Å². The van der Waals surface area contributed by atoms with E-state index in [0.29, 0.717) is 18.4 Å². The molecule has 0 fully saturated rings. The standard InChI is InChI=1S/C30H47NO11/c1-7-9-11-15-37-28(33)41-25-14-13-23(18-26(25)42-29(34)38-16-12-10-8-2)17-24(27(32)36-6)31-19-22(5)40-30(35)39-20-21(3)4/h13-14,18,21-22,24,31H,7-12,15-17,19-20H2,1-6H3/t22?,24-/m0/s1. The first-order valence-corrected chi connectivity index (χ1v) is 14.6. The summed E-state index contributed by atoms with van der Waals surface area (Å²) in [5.74, 6) is -0.515. The number of carbonyl (C=O) groups excluding carboxylic acids is 4. The summed E-state index contributed by atoms with van der Waals surface area (Å²) in [5, 5.41) is 3.02. The van der Waals surface area contributed by atoms with E-state index in [0.717, 1.165) is 25.7 Å². The van der Waals surface area contributed by atoms with Gasteiger partial charge in [-0.05, 0) is 49.8 Å². The van der Waals surface area contributed by atoms with Gasteiger partial charge < -0.3 is 38.5 Å². The van der Waals surface area contributed by atoms with Gasteiger partial charge in [-0.15, -0.1) is 0 Å². The minimum atomic E-state index is -0.956. The molecule has 0 spiro atoms. The van der Waals surface area contributed by atoms with E-state index in [4.69, 9.17) is 33.2 Å². The molecule has 0 aliphatic carbocycles. The number of benzene rings is 1. The van der Waals surface area contributed by atoms with Gasteiger partial charge in [-0.25, -0.2) is 14.4 Å². The largest absolute Gasteiger partial charge is 0.513 e. The molecule has 0 radical (unpaired) electrons. The Balaban J connectivity index is 2.97. The van der Waals surface area contributed by atoms with Gasteiger partial charge in [0.25, 0.3) is 0 Å². The Morgan fingerprint density at radius 2 is 1.38 bits per heavy atom. The lowest BCUT2D eigenvalue weighted by molar-refractivity contribution is -0.143. The molecular weight excluding hydrogens is 550 g/mol. The first-order valence-electron chi connectivity index (χ1n) is 14.6. The maximum absolute atomic E-state index is 12.5. The Hall–Kier alpha value is -3.54. The Morgan fingerprint density at radius 3 is 1.93 bits per heavy atom. The third kappa shape index (κ3) is 16.0. The normalized spacial score (nSPS) is 12.2. The van der Waals surface area contributed by atoms with Crippen molar-refractivity contribution in [1.29, 1.82) is 0 Å². The second-order valence-electron chi connectivity index (χ2n) is 10.2. The number of carbonyl (C=O) groups is 4. The molecule has 0 amide bonds. The molecule has 1 unspecified atom stereocenters. The van der Waals surface area contributed by atoms with E-state index < -0.39 is 36.6 Å². The predicted molar refractivity (Wildman–Crippen MR) is 154 cm³/mol. The number of ether oxygens (including phenoxy) is 7. The highest BCUT2D eigenvalue weighted by Crippen LogP contribution is 2.30. The quantitative estimate of drug-likeness (QED) is 0.0868. The summed E-state index contributed by atoms with van der Waals surface area (Å²) in [5.41, 5.74) is 0.556. The lowest BCUT2D eigenvalue weighted by Gasteiger charge is -2.20. The van der Waals surface area contributed by atoms with Crippen LogP contribution in [0, 0.1) is 5.92 Å².